The molecule has 1 atom stereocenters. The van der Waals surface area contributed by atoms with Crippen LogP contribution in [0.15, 0.2) is 41.3 Å². The number of ketones is 1. The van der Waals surface area contributed by atoms with Gasteiger partial charge < -0.3 is 14.8 Å². The smallest absolute Gasteiger partial charge is 0.262 e. The highest BCUT2D eigenvalue weighted by atomic mass is 32.2. The molecule has 0 spiro atoms. The molecule has 170 valence electrons. The van der Waals surface area contributed by atoms with Crippen molar-refractivity contribution in [2.75, 3.05) is 38.2 Å². The van der Waals surface area contributed by atoms with Crippen LogP contribution in [0.5, 0.6) is 5.75 Å². The highest BCUT2D eigenvalue weighted by molar-refractivity contribution is 7.89. The second-order valence-corrected chi connectivity index (χ2v) is 9.68. The Morgan fingerprint density at radius 1 is 1.19 bits per heavy atom. The number of rotatable bonds is 6. The zero-order valence-corrected chi connectivity index (χ0v) is 18.3. The first-order chi connectivity index (χ1) is 15.3. The van der Waals surface area contributed by atoms with Gasteiger partial charge in [-0.25, -0.2) is 12.8 Å². The summed E-state index contributed by atoms with van der Waals surface area (Å²) in [5, 5.41) is 2.62. The number of benzene rings is 2. The van der Waals surface area contributed by atoms with Crippen LogP contribution in [0.3, 0.4) is 0 Å². The van der Waals surface area contributed by atoms with Crippen LogP contribution in [-0.2, 0) is 19.6 Å². The first-order valence-corrected chi connectivity index (χ1v) is 11.7. The molecule has 2 aromatic carbocycles. The number of carbonyl (C=O) groups is 2. The zero-order valence-electron chi connectivity index (χ0n) is 17.5. The fraction of sp³-hybridized carbons (Fsp3) is 0.364. The highest BCUT2D eigenvalue weighted by Gasteiger charge is 2.32. The van der Waals surface area contributed by atoms with Gasteiger partial charge in [-0.2, -0.15) is 4.31 Å². The van der Waals surface area contributed by atoms with Crippen LogP contribution in [0, 0.1) is 5.82 Å². The van der Waals surface area contributed by atoms with Crippen molar-refractivity contribution in [1.29, 1.82) is 0 Å². The standard InChI is InChI=1S/C22H23FN2O6S/c1-14-12-18(26)22-19(7-6-17(23)21(14)22)31-13-20(27)24-15-2-4-16(5-3-15)32(28,29)25-8-10-30-11-9-25/h2-7,14H,8-13H2,1H3,(H,24,27)/t14-/m0/s1. The van der Waals surface area contributed by atoms with Crippen molar-refractivity contribution in [2.24, 2.45) is 0 Å². The summed E-state index contributed by atoms with van der Waals surface area (Å²) in [4.78, 5) is 24.6. The monoisotopic (exact) mass is 462 g/mol. The molecule has 4 rings (SSSR count). The molecule has 0 aromatic heterocycles. The van der Waals surface area contributed by atoms with Crippen molar-refractivity contribution in [3.05, 3.63) is 53.3 Å². The maximum atomic E-state index is 14.1. The minimum atomic E-state index is -3.62. The van der Waals surface area contributed by atoms with E-state index in [2.05, 4.69) is 5.32 Å². The second kappa shape index (κ2) is 8.97. The van der Waals surface area contributed by atoms with Crippen molar-refractivity contribution in [1.82, 2.24) is 4.31 Å². The molecule has 32 heavy (non-hydrogen) atoms. The summed E-state index contributed by atoms with van der Waals surface area (Å²) in [5.74, 6) is -1.22. The van der Waals surface area contributed by atoms with E-state index in [4.69, 9.17) is 9.47 Å². The number of hydrogen-bond donors (Lipinski definition) is 1. The zero-order chi connectivity index (χ0) is 22.9. The molecule has 1 saturated heterocycles. The van der Waals surface area contributed by atoms with Gasteiger partial charge in [-0.3, -0.25) is 9.59 Å². The van der Waals surface area contributed by atoms with Gasteiger partial charge in [-0.1, -0.05) is 6.92 Å². The minimum absolute atomic E-state index is 0.128. The quantitative estimate of drug-likeness (QED) is 0.708. The van der Waals surface area contributed by atoms with Crippen LogP contribution >= 0.6 is 0 Å². The van der Waals surface area contributed by atoms with Crippen molar-refractivity contribution in [3.63, 3.8) is 0 Å². The van der Waals surface area contributed by atoms with E-state index in [1.54, 1.807) is 6.92 Å². The molecule has 1 aliphatic heterocycles. The minimum Gasteiger partial charge on any atom is -0.483 e. The van der Waals surface area contributed by atoms with Crippen molar-refractivity contribution in [3.8, 4) is 5.75 Å². The maximum absolute atomic E-state index is 14.1. The predicted molar refractivity (Wildman–Crippen MR) is 114 cm³/mol. The maximum Gasteiger partial charge on any atom is 0.262 e. The van der Waals surface area contributed by atoms with Gasteiger partial charge in [-0.15, -0.1) is 0 Å². The summed E-state index contributed by atoms with van der Waals surface area (Å²) in [6, 6.07) is 8.41. The molecule has 8 nitrogen and oxygen atoms in total. The third-order valence-electron chi connectivity index (χ3n) is 5.52. The lowest BCUT2D eigenvalue weighted by atomic mass is 10.0. The molecular formula is C22H23FN2O6S. The summed E-state index contributed by atoms with van der Waals surface area (Å²) >= 11 is 0. The van der Waals surface area contributed by atoms with E-state index in [1.807, 2.05) is 0 Å². The number of hydrogen-bond acceptors (Lipinski definition) is 6. The number of fused-ring (bicyclic) bond motifs is 1. The Labute approximate surface area is 185 Å². The number of sulfonamides is 1. The summed E-state index contributed by atoms with van der Waals surface area (Å²) < 4.78 is 51.4. The highest BCUT2D eigenvalue weighted by Crippen LogP contribution is 2.39. The van der Waals surface area contributed by atoms with Gasteiger partial charge in [0.05, 0.1) is 23.7 Å². The lowest BCUT2D eigenvalue weighted by Gasteiger charge is -2.26. The van der Waals surface area contributed by atoms with Gasteiger partial charge in [0, 0.05) is 30.8 Å². The average molecular weight is 462 g/mol. The van der Waals surface area contributed by atoms with Gasteiger partial charge >= 0.3 is 0 Å². The first kappa shape index (κ1) is 22.4. The molecule has 2 aromatic rings. The van der Waals surface area contributed by atoms with Crippen LogP contribution in [0.1, 0.15) is 35.2 Å². The first-order valence-electron chi connectivity index (χ1n) is 10.2. The largest absolute Gasteiger partial charge is 0.483 e. The molecule has 2 aliphatic rings. The average Bonchev–Trinajstić information content (AvgIpc) is 3.09. The summed E-state index contributed by atoms with van der Waals surface area (Å²) in [5.41, 5.74) is 0.918. The summed E-state index contributed by atoms with van der Waals surface area (Å²) in [6.07, 6.45) is 0.207. The second-order valence-electron chi connectivity index (χ2n) is 7.74. The number of nitrogens with zero attached hydrogens (tertiary/aromatic N) is 1. The lowest BCUT2D eigenvalue weighted by molar-refractivity contribution is -0.118. The lowest BCUT2D eigenvalue weighted by Crippen LogP contribution is -2.40. The Hall–Kier alpha value is -2.82. The molecule has 1 fully saturated rings. The SMILES string of the molecule is C[C@H]1CC(=O)c2c(OCC(=O)Nc3ccc(S(=O)(=O)N4CCOCC4)cc3)ccc(F)c21. The molecule has 1 N–H and O–H groups in total. The van der Waals surface area contributed by atoms with Gasteiger partial charge in [0.25, 0.3) is 5.91 Å². The van der Waals surface area contributed by atoms with Crippen LogP contribution in [0.4, 0.5) is 10.1 Å². The van der Waals surface area contributed by atoms with Crippen LogP contribution in [-0.4, -0.2) is 57.3 Å². The van der Waals surface area contributed by atoms with Gasteiger partial charge in [0.1, 0.15) is 11.6 Å². The normalized spacial score (nSPS) is 18.9. The number of morpholine rings is 1. The fourth-order valence-electron chi connectivity index (χ4n) is 3.93. The molecule has 1 amide bonds. The van der Waals surface area contributed by atoms with Crippen LogP contribution in [0.25, 0.3) is 0 Å². The number of amides is 1. The Morgan fingerprint density at radius 3 is 2.56 bits per heavy atom. The van der Waals surface area contributed by atoms with E-state index in [-0.39, 0.29) is 40.9 Å². The Bertz CT molecular complexity index is 1140. The molecule has 0 saturated carbocycles. The van der Waals surface area contributed by atoms with E-state index in [9.17, 15) is 22.4 Å². The molecule has 1 aliphatic carbocycles. The number of Topliss-reactive ketones (excluding diaryl/α,β-unsaturated/α-hetero) is 1. The topological polar surface area (TPSA) is 102 Å². The van der Waals surface area contributed by atoms with Crippen LogP contribution < -0.4 is 10.1 Å². The molecule has 1 heterocycles. The Balaban J connectivity index is 1.39. The fourth-order valence-corrected chi connectivity index (χ4v) is 5.34. The number of halogens is 1. The number of carbonyl (C=O) groups excluding carboxylic acids is 2. The third kappa shape index (κ3) is 4.38. The van der Waals surface area contributed by atoms with E-state index in [1.165, 1.54) is 40.7 Å². The van der Waals surface area contributed by atoms with E-state index < -0.39 is 21.7 Å². The van der Waals surface area contributed by atoms with Gasteiger partial charge in [-0.05, 0) is 42.3 Å². The van der Waals surface area contributed by atoms with E-state index in [0.717, 1.165) is 0 Å². The molecule has 0 radical (unpaired) electrons. The Morgan fingerprint density at radius 2 is 1.88 bits per heavy atom. The summed E-state index contributed by atoms with van der Waals surface area (Å²) in [7, 11) is -3.62. The van der Waals surface area contributed by atoms with E-state index in [0.29, 0.717) is 37.6 Å². The molecule has 10 heteroatoms. The van der Waals surface area contributed by atoms with Crippen LogP contribution in [0.2, 0.25) is 0 Å². The number of anilines is 1. The molecular weight excluding hydrogens is 439 g/mol. The molecule has 0 bridgehead atoms. The Kier molecular flexibility index (Phi) is 6.27. The third-order valence-corrected chi connectivity index (χ3v) is 7.43. The van der Waals surface area contributed by atoms with E-state index >= 15 is 0 Å². The van der Waals surface area contributed by atoms with Crippen molar-refractivity contribution in [2.45, 2.75) is 24.2 Å². The van der Waals surface area contributed by atoms with Gasteiger partial charge in [0.2, 0.25) is 10.0 Å². The van der Waals surface area contributed by atoms with Crippen molar-refractivity contribution < 1.29 is 31.9 Å². The summed E-state index contributed by atoms with van der Waals surface area (Å²) in [6.45, 7) is 2.70. The predicted octanol–water partition coefficient (Wildman–Crippen LogP) is 2.55. The van der Waals surface area contributed by atoms with Gasteiger partial charge in [0.15, 0.2) is 12.4 Å². The van der Waals surface area contributed by atoms with Crippen molar-refractivity contribution >= 4 is 27.4 Å². The number of ether oxygens (including phenoxy) is 2. The molecule has 0 unspecified atom stereocenters. The number of nitrogens with one attached hydrogen (secondary N) is 1.